The van der Waals surface area contributed by atoms with Crippen molar-refractivity contribution < 1.29 is 19.2 Å². The Bertz CT molecular complexity index is 619. The molecule has 0 spiro atoms. The molecule has 2 rings (SSSR count). The van der Waals surface area contributed by atoms with Gasteiger partial charge < -0.3 is 14.9 Å². The van der Waals surface area contributed by atoms with Gasteiger partial charge in [-0.1, -0.05) is 5.16 Å². The van der Waals surface area contributed by atoms with E-state index in [1.54, 1.807) is 13.8 Å². The molecule has 2 N–H and O–H groups in total. The molecule has 0 aliphatic carbocycles. The molecule has 0 bridgehead atoms. The van der Waals surface area contributed by atoms with Crippen LogP contribution in [0.15, 0.2) is 16.7 Å². The van der Waals surface area contributed by atoms with Crippen LogP contribution in [0.2, 0.25) is 0 Å². The number of rotatable bonds is 4. The molecule has 0 unspecified atom stereocenters. The summed E-state index contributed by atoms with van der Waals surface area (Å²) in [4.78, 5) is 27.1. The summed E-state index contributed by atoms with van der Waals surface area (Å²) < 4.78 is 4.94. The zero-order valence-electron chi connectivity index (χ0n) is 10.2. The monoisotopic (exact) mass is 281 g/mol. The molecule has 0 fully saturated rings. The molecule has 0 aliphatic heterocycles. The second-order valence-electron chi connectivity index (χ2n) is 3.84. The van der Waals surface area contributed by atoms with Gasteiger partial charge in [-0.05, 0) is 26.0 Å². The van der Waals surface area contributed by atoms with E-state index in [2.05, 4.69) is 15.5 Å². The fourth-order valence-corrected chi connectivity index (χ4v) is 2.14. The molecule has 2 aromatic heterocycles. The molecule has 1 amide bonds. The van der Waals surface area contributed by atoms with Gasteiger partial charge in [0.1, 0.15) is 10.9 Å². The van der Waals surface area contributed by atoms with Crippen LogP contribution in [0.1, 0.15) is 44.0 Å². The Labute approximate surface area is 112 Å². The summed E-state index contributed by atoms with van der Waals surface area (Å²) in [7, 11) is 0. The maximum absolute atomic E-state index is 11.9. The van der Waals surface area contributed by atoms with Crippen molar-refractivity contribution in [1.29, 1.82) is 0 Å². The van der Waals surface area contributed by atoms with Crippen molar-refractivity contribution in [3.8, 4) is 0 Å². The van der Waals surface area contributed by atoms with Crippen molar-refractivity contribution >= 4 is 23.2 Å². The molecule has 0 radical (unpaired) electrons. The second-order valence-corrected chi connectivity index (χ2v) is 4.93. The van der Waals surface area contributed by atoms with Crippen LogP contribution in [-0.2, 0) is 0 Å². The van der Waals surface area contributed by atoms with Crippen molar-refractivity contribution in [2.45, 2.75) is 19.9 Å². The number of carbonyl (C=O) groups excluding carboxylic acids is 1. The van der Waals surface area contributed by atoms with Gasteiger partial charge in [0.15, 0.2) is 5.82 Å². The number of hydrogen-bond acceptors (Lipinski definition) is 6. The van der Waals surface area contributed by atoms with Gasteiger partial charge in [-0.2, -0.15) is 4.98 Å². The maximum atomic E-state index is 11.9. The number of amides is 1. The number of nitrogens with one attached hydrogen (secondary N) is 1. The van der Waals surface area contributed by atoms with Gasteiger partial charge in [-0.3, -0.25) is 4.79 Å². The minimum atomic E-state index is -1.05. The number of nitrogens with zero attached hydrogens (tertiary/aromatic N) is 2. The normalized spacial score (nSPS) is 12.1. The number of aromatic nitrogens is 2. The number of carbonyl (C=O) groups is 2. The minimum Gasteiger partial charge on any atom is -0.477 e. The van der Waals surface area contributed by atoms with Crippen LogP contribution in [0.3, 0.4) is 0 Å². The molecule has 1 atom stereocenters. The summed E-state index contributed by atoms with van der Waals surface area (Å²) in [5, 5.41) is 15.1. The number of carboxylic acid groups (broad SMARTS) is 1. The zero-order valence-corrected chi connectivity index (χ0v) is 11.0. The molecule has 0 saturated carbocycles. The van der Waals surface area contributed by atoms with Crippen LogP contribution in [0.5, 0.6) is 0 Å². The van der Waals surface area contributed by atoms with E-state index in [0.717, 1.165) is 11.3 Å². The van der Waals surface area contributed by atoms with Crippen molar-refractivity contribution in [1.82, 2.24) is 15.5 Å². The SMILES string of the molecule is Cc1noc([C@@H](C)NC(=O)c2ccc(C(=O)O)s2)n1. The predicted octanol–water partition coefficient (Wildman–Crippen LogP) is 1.63. The number of thiophene rings is 1. The minimum absolute atomic E-state index is 0.117. The lowest BCUT2D eigenvalue weighted by Gasteiger charge is -2.07. The lowest BCUT2D eigenvalue weighted by atomic mass is 10.3. The Morgan fingerprint density at radius 2 is 2.11 bits per heavy atom. The van der Waals surface area contributed by atoms with Crippen LogP contribution >= 0.6 is 11.3 Å². The molecule has 2 heterocycles. The lowest BCUT2D eigenvalue weighted by molar-refractivity contribution is 0.0702. The molecule has 2 aromatic rings. The van der Waals surface area contributed by atoms with E-state index in [0.29, 0.717) is 16.6 Å². The number of aryl methyl sites for hydroxylation is 1. The van der Waals surface area contributed by atoms with Crippen molar-refractivity contribution in [3.05, 3.63) is 33.6 Å². The third-order valence-corrected chi connectivity index (χ3v) is 3.37. The third-order valence-electron chi connectivity index (χ3n) is 2.30. The standard InChI is InChI=1S/C11H11N3O4S/c1-5(10-13-6(2)14-18-10)12-9(15)7-3-4-8(19-7)11(16)17/h3-5H,1-2H3,(H,12,15)(H,16,17)/t5-/m1/s1. The van der Waals surface area contributed by atoms with E-state index in [1.807, 2.05) is 0 Å². The number of hydrogen-bond donors (Lipinski definition) is 2. The van der Waals surface area contributed by atoms with E-state index in [-0.39, 0.29) is 10.8 Å². The molecule has 100 valence electrons. The summed E-state index contributed by atoms with van der Waals surface area (Å²) in [6.45, 7) is 3.39. The van der Waals surface area contributed by atoms with Gasteiger partial charge in [0, 0.05) is 0 Å². The summed E-state index contributed by atoms with van der Waals surface area (Å²) >= 11 is 0.913. The first-order chi connectivity index (χ1) is 8.97. The molecular formula is C11H11N3O4S. The fraction of sp³-hybridized carbons (Fsp3) is 0.273. The van der Waals surface area contributed by atoms with E-state index >= 15 is 0 Å². The van der Waals surface area contributed by atoms with Gasteiger partial charge in [-0.25, -0.2) is 4.79 Å². The summed E-state index contributed by atoms with van der Waals surface area (Å²) in [6.07, 6.45) is 0. The van der Waals surface area contributed by atoms with Crippen molar-refractivity contribution in [2.75, 3.05) is 0 Å². The van der Waals surface area contributed by atoms with Gasteiger partial charge in [0.2, 0.25) is 5.89 Å². The molecular weight excluding hydrogens is 270 g/mol. The number of carboxylic acids is 1. The van der Waals surface area contributed by atoms with Crippen molar-refractivity contribution in [3.63, 3.8) is 0 Å². The summed E-state index contributed by atoms with van der Waals surface area (Å²) in [5.74, 6) is -0.633. The average molecular weight is 281 g/mol. The van der Waals surface area contributed by atoms with E-state index < -0.39 is 12.0 Å². The zero-order chi connectivity index (χ0) is 14.0. The second kappa shape index (κ2) is 5.19. The Morgan fingerprint density at radius 1 is 1.42 bits per heavy atom. The van der Waals surface area contributed by atoms with Gasteiger partial charge in [-0.15, -0.1) is 11.3 Å². The molecule has 0 aromatic carbocycles. The van der Waals surface area contributed by atoms with E-state index in [9.17, 15) is 9.59 Å². The van der Waals surface area contributed by atoms with Crippen LogP contribution in [0.4, 0.5) is 0 Å². The Balaban J connectivity index is 2.06. The molecule has 8 heteroatoms. The first kappa shape index (κ1) is 13.2. The summed E-state index contributed by atoms with van der Waals surface area (Å²) in [5.41, 5.74) is 0. The Morgan fingerprint density at radius 3 is 2.63 bits per heavy atom. The smallest absolute Gasteiger partial charge is 0.345 e. The Kier molecular flexibility index (Phi) is 3.61. The van der Waals surface area contributed by atoms with Crippen LogP contribution in [0.25, 0.3) is 0 Å². The molecule has 0 saturated heterocycles. The van der Waals surface area contributed by atoms with Gasteiger partial charge in [0.05, 0.1) is 4.88 Å². The average Bonchev–Trinajstić information content (AvgIpc) is 2.96. The quantitative estimate of drug-likeness (QED) is 0.882. The highest BCUT2D eigenvalue weighted by Crippen LogP contribution is 2.18. The third kappa shape index (κ3) is 2.97. The van der Waals surface area contributed by atoms with Crippen molar-refractivity contribution in [2.24, 2.45) is 0 Å². The highest BCUT2D eigenvalue weighted by Gasteiger charge is 2.18. The molecule has 0 aliphatic rings. The van der Waals surface area contributed by atoms with Gasteiger partial charge >= 0.3 is 5.97 Å². The number of aromatic carboxylic acids is 1. The first-order valence-corrected chi connectivity index (χ1v) is 6.23. The topological polar surface area (TPSA) is 105 Å². The van der Waals surface area contributed by atoms with Crippen LogP contribution in [-0.4, -0.2) is 27.1 Å². The predicted molar refractivity (Wildman–Crippen MR) is 66.2 cm³/mol. The largest absolute Gasteiger partial charge is 0.477 e. The highest BCUT2D eigenvalue weighted by molar-refractivity contribution is 7.15. The van der Waals surface area contributed by atoms with E-state index in [1.165, 1.54) is 12.1 Å². The van der Waals surface area contributed by atoms with E-state index in [4.69, 9.17) is 9.63 Å². The summed E-state index contributed by atoms with van der Waals surface area (Å²) in [6, 6.07) is 2.42. The maximum Gasteiger partial charge on any atom is 0.345 e. The van der Waals surface area contributed by atoms with Crippen LogP contribution in [0, 0.1) is 6.92 Å². The first-order valence-electron chi connectivity index (χ1n) is 5.41. The molecule has 7 nitrogen and oxygen atoms in total. The van der Waals surface area contributed by atoms with Gasteiger partial charge in [0.25, 0.3) is 5.91 Å². The molecule has 19 heavy (non-hydrogen) atoms. The highest BCUT2D eigenvalue weighted by atomic mass is 32.1. The lowest BCUT2D eigenvalue weighted by Crippen LogP contribution is -2.26. The Hall–Kier alpha value is -2.22. The van der Waals surface area contributed by atoms with Crippen LogP contribution < -0.4 is 5.32 Å². The fourth-order valence-electron chi connectivity index (χ4n) is 1.39.